The highest BCUT2D eigenvalue weighted by molar-refractivity contribution is 6.46. The van der Waals surface area contributed by atoms with Crippen molar-refractivity contribution in [2.24, 2.45) is 0 Å². The zero-order chi connectivity index (χ0) is 21.1. The Morgan fingerprint density at radius 3 is 2.45 bits per heavy atom. The van der Waals surface area contributed by atoms with Gasteiger partial charge in [0.15, 0.2) is 0 Å². The van der Waals surface area contributed by atoms with Crippen LogP contribution in [0.1, 0.15) is 23.6 Å². The maximum absolute atomic E-state index is 13.1. The van der Waals surface area contributed by atoms with Crippen LogP contribution in [0.2, 0.25) is 10.0 Å². The number of quaternary nitrogens is 1. The number of nitrogens with zero attached hydrogens (tertiary/aromatic N) is 2. The van der Waals surface area contributed by atoms with Crippen LogP contribution >= 0.6 is 23.2 Å². The van der Waals surface area contributed by atoms with Gasteiger partial charge in [0.1, 0.15) is 0 Å². The molecule has 0 radical (unpaired) electrons. The predicted octanol–water partition coefficient (Wildman–Crippen LogP) is 1.15. The minimum Gasteiger partial charge on any atom is -0.872 e. The smallest absolute Gasteiger partial charge is 0.295 e. The molecule has 0 saturated carbocycles. The molecule has 1 amide bonds. The third-order valence-electron chi connectivity index (χ3n) is 4.81. The molecular formula is C21H21Cl2N3O3. The van der Waals surface area contributed by atoms with E-state index >= 15 is 0 Å². The van der Waals surface area contributed by atoms with Gasteiger partial charge in [-0.15, -0.1) is 0 Å². The van der Waals surface area contributed by atoms with Crippen LogP contribution < -0.4 is 10.0 Å². The van der Waals surface area contributed by atoms with Crippen molar-refractivity contribution in [3.8, 4) is 0 Å². The number of pyridine rings is 1. The molecule has 1 N–H and O–H groups in total. The Labute approximate surface area is 179 Å². The number of Topliss-reactive ketones (excluding diaryl/α,β-unsaturated/α-hetero) is 1. The van der Waals surface area contributed by atoms with E-state index in [1.807, 2.05) is 14.1 Å². The van der Waals surface area contributed by atoms with Crippen molar-refractivity contribution in [3.05, 3.63) is 69.5 Å². The number of carbonyl (C=O) groups excluding carboxylic acids is 2. The summed E-state index contributed by atoms with van der Waals surface area (Å²) >= 11 is 12.2. The van der Waals surface area contributed by atoms with Crippen LogP contribution in [0.3, 0.4) is 0 Å². The van der Waals surface area contributed by atoms with E-state index in [1.54, 1.807) is 18.2 Å². The van der Waals surface area contributed by atoms with E-state index < -0.39 is 23.5 Å². The van der Waals surface area contributed by atoms with Gasteiger partial charge in [0, 0.05) is 30.9 Å². The number of ketones is 1. The second kappa shape index (κ2) is 8.95. The van der Waals surface area contributed by atoms with Crippen LogP contribution in [0, 0.1) is 0 Å². The van der Waals surface area contributed by atoms with Gasteiger partial charge in [0.2, 0.25) is 5.78 Å². The minimum absolute atomic E-state index is 0.0724. The fourth-order valence-electron chi connectivity index (χ4n) is 3.39. The number of halogens is 2. The Morgan fingerprint density at radius 2 is 1.83 bits per heavy atom. The number of hydrogen-bond acceptors (Lipinski definition) is 4. The average molecular weight is 434 g/mol. The van der Waals surface area contributed by atoms with Gasteiger partial charge in [-0.25, -0.2) is 0 Å². The highest BCUT2D eigenvalue weighted by Crippen LogP contribution is 2.40. The predicted molar refractivity (Wildman–Crippen MR) is 109 cm³/mol. The fraction of sp³-hybridized carbons (Fsp3) is 0.286. The van der Waals surface area contributed by atoms with Crippen molar-refractivity contribution >= 4 is 40.7 Å². The van der Waals surface area contributed by atoms with Gasteiger partial charge in [-0.05, 0) is 35.4 Å². The van der Waals surface area contributed by atoms with Crippen molar-refractivity contribution < 1.29 is 19.6 Å². The Bertz CT molecular complexity index is 961. The van der Waals surface area contributed by atoms with E-state index in [1.165, 1.54) is 34.3 Å². The molecule has 0 bridgehead atoms. The number of aromatic nitrogens is 1. The molecule has 2 heterocycles. The number of benzene rings is 1. The SMILES string of the molecule is C[NH+](C)CCCN1C(=O)C(=O)/C(=C(/[O-])c2ccncc2)C1c1ccc(Cl)c(Cl)c1. The third-order valence-corrected chi connectivity index (χ3v) is 5.55. The molecular weight excluding hydrogens is 413 g/mol. The standard InChI is InChI=1S/C21H21Cl2N3O3/c1-25(2)10-3-11-26-18(14-4-5-15(22)16(23)12-14)17(20(28)21(26)29)19(27)13-6-8-24-9-7-13/h4-9,12,18,27H,3,10-11H2,1-2H3/b19-17+. The first-order chi connectivity index (χ1) is 13.8. The van der Waals surface area contributed by atoms with E-state index in [-0.39, 0.29) is 5.57 Å². The summed E-state index contributed by atoms with van der Waals surface area (Å²) in [5.41, 5.74) is 0.811. The molecule has 1 unspecified atom stereocenters. The first-order valence-corrected chi connectivity index (χ1v) is 9.97. The van der Waals surface area contributed by atoms with Crippen LogP contribution in [0.4, 0.5) is 0 Å². The van der Waals surface area contributed by atoms with E-state index in [0.29, 0.717) is 34.1 Å². The fourth-order valence-corrected chi connectivity index (χ4v) is 3.70. The summed E-state index contributed by atoms with van der Waals surface area (Å²) in [4.78, 5) is 32.2. The maximum atomic E-state index is 13.1. The van der Waals surface area contributed by atoms with Crippen molar-refractivity contribution in [3.63, 3.8) is 0 Å². The van der Waals surface area contributed by atoms with Gasteiger partial charge in [-0.3, -0.25) is 14.6 Å². The van der Waals surface area contributed by atoms with Crippen molar-refractivity contribution in [1.82, 2.24) is 9.88 Å². The number of amides is 1. The molecule has 152 valence electrons. The number of carbonyl (C=O) groups is 2. The Hall–Kier alpha value is -2.41. The largest absolute Gasteiger partial charge is 0.872 e. The second-order valence-electron chi connectivity index (χ2n) is 7.19. The molecule has 0 aliphatic carbocycles. The molecule has 0 spiro atoms. The number of likely N-dealkylation sites (tertiary alicyclic amines) is 1. The van der Waals surface area contributed by atoms with Crippen molar-refractivity contribution in [2.45, 2.75) is 12.5 Å². The lowest BCUT2D eigenvalue weighted by Gasteiger charge is -2.27. The van der Waals surface area contributed by atoms with Gasteiger partial charge < -0.3 is 14.9 Å². The van der Waals surface area contributed by atoms with Crippen LogP contribution in [-0.4, -0.2) is 48.8 Å². The zero-order valence-corrected chi connectivity index (χ0v) is 17.6. The van der Waals surface area contributed by atoms with E-state index in [9.17, 15) is 14.7 Å². The molecule has 29 heavy (non-hydrogen) atoms. The van der Waals surface area contributed by atoms with E-state index in [4.69, 9.17) is 23.2 Å². The summed E-state index contributed by atoms with van der Waals surface area (Å²) < 4.78 is 0. The van der Waals surface area contributed by atoms with E-state index in [2.05, 4.69) is 4.98 Å². The number of hydrogen-bond donors (Lipinski definition) is 1. The summed E-state index contributed by atoms with van der Waals surface area (Å²) in [6.45, 7) is 1.17. The topological polar surface area (TPSA) is 77.8 Å². The highest BCUT2D eigenvalue weighted by Gasteiger charge is 2.44. The second-order valence-corrected chi connectivity index (χ2v) is 8.01. The summed E-state index contributed by atoms with van der Waals surface area (Å²) in [6.07, 6.45) is 3.64. The van der Waals surface area contributed by atoms with Crippen molar-refractivity contribution in [1.29, 1.82) is 0 Å². The minimum atomic E-state index is -0.803. The van der Waals surface area contributed by atoms with Gasteiger partial charge in [0.25, 0.3) is 5.91 Å². The molecule has 1 fully saturated rings. The quantitative estimate of drug-likeness (QED) is 0.421. The van der Waals surface area contributed by atoms with Crippen LogP contribution in [-0.2, 0) is 9.59 Å². The lowest BCUT2D eigenvalue weighted by Crippen LogP contribution is -3.05. The van der Waals surface area contributed by atoms with Crippen LogP contribution in [0.15, 0.2) is 48.3 Å². The molecule has 1 aliphatic heterocycles. The first kappa shape index (κ1) is 21.3. The van der Waals surface area contributed by atoms with Crippen LogP contribution in [0.25, 0.3) is 5.76 Å². The lowest BCUT2D eigenvalue weighted by atomic mass is 9.95. The molecule has 1 aromatic heterocycles. The third kappa shape index (κ3) is 4.45. The molecule has 1 saturated heterocycles. The molecule has 3 rings (SSSR count). The molecule has 8 heteroatoms. The molecule has 2 aromatic rings. The Balaban J connectivity index is 2.11. The normalized spacial score (nSPS) is 18.7. The Kier molecular flexibility index (Phi) is 6.57. The maximum Gasteiger partial charge on any atom is 0.295 e. The summed E-state index contributed by atoms with van der Waals surface area (Å²) in [7, 11) is 4.02. The molecule has 1 aliphatic rings. The summed E-state index contributed by atoms with van der Waals surface area (Å²) in [5.74, 6) is -1.94. The molecule has 1 aromatic carbocycles. The monoisotopic (exact) mass is 433 g/mol. The molecule has 6 nitrogen and oxygen atoms in total. The van der Waals surface area contributed by atoms with Gasteiger partial charge in [-0.2, -0.15) is 0 Å². The zero-order valence-electron chi connectivity index (χ0n) is 16.1. The van der Waals surface area contributed by atoms with Gasteiger partial charge in [0.05, 0.1) is 36.7 Å². The summed E-state index contributed by atoms with van der Waals surface area (Å²) in [6, 6.07) is 7.14. The highest BCUT2D eigenvalue weighted by atomic mass is 35.5. The molecule has 1 atom stereocenters. The van der Waals surface area contributed by atoms with Crippen molar-refractivity contribution in [2.75, 3.05) is 27.2 Å². The Morgan fingerprint density at radius 1 is 1.14 bits per heavy atom. The van der Waals surface area contributed by atoms with E-state index in [0.717, 1.165) is 6.54 Å². The summed E-state index contributed by atoms with van der Waals surface area (Å²) in [5, 5.41) is 13.8. The number of nitrogens with one attached hydrogen (secondary N) is 1. The number of rotatable bonds is 6. The van der Waals surface area contributed by atoms with Crippen LogP contribution in [0.5, 0.6) is 0 Å². The van der Waals surface area contributed by atoms with Gasteiger partial charge in [-0.1, -0.05) is 35.0 Å². The lowest BCUT2D eigenvalue weighted by molar-refractivity contribution is -0.858. The first-order valence-electron chi connectivity index (χ1n) is 9.22. The van der Waals surface area contributed by atoms with Gasteiger partial charge >= 0.3 is 0 Å². The average Bonchev–Trinajstić information content (AvgIpc) is 2.95.